The van der Waals surface area contributed by atoms with E-state index in [1.54, 1.807) is 24.2 Å². The number of unbranched alkanes of at least 4 members (excludes halogenated alkanes) is 1. The monoisotopic (exact) mass is 422 g/mol. The van der Waals surface area contributed by atoms with Crippen molar-refractivity contribution in [1.82, 2.24) is 20.1 Å². The van der Waals surface area contributed by atoms with Crippen LogP contribution < -0.4 is 14.8 Å². The SMILES string of the molecule is CCCCOc1ccc(CNC(=O)c2cnn(-c3ccccn3)c2C(C)C)cc1OC. The zero-order valence-corrected chi connectivity index (χ0v) is 18.6. The molecule has 0 saturated heterocycles. The Morgan fingerprint density at radius 1 is 1.19 bits per heavy atom. The Morgan fingerprint density at radius 2 is 2.03 bits per heavy atom. The third kappa shape index (κ3) is 5.42. The number of carbonyl (C=O) groups is 1. The van der Waals surface area contributed by atoms with E-state index in [2.05, 4.69) is 22.3 Å². The molecule has 1 aromatic carbocycles. The Hall–Kier alpha value is -3.35. The molecule has 31 heavy (non-hydrogen) atoms. The Kier molecular flexibility index (Phi) is 7.65. The van der Waals surface area contributed by atoms with Crippen molar-refractivity contribution in [2.75, 3.05) is 13.7 Å². The highest BCUT2D eigenvalue weighted by molar-refractivity contribution is 5.95. The number of rotatable bonds is 10. The first-order chi connectivity index (χ1) is 15.0. The van der Waals surface area contributed by atoms with Gasteiger partial charge in [-0.3, -0.25) is 4.79 Å². The summed E-state index contributed by atoms with van der Waals surface area (Å²) in [7, 11) is 1.62. The van der Waals surface area contributed by atoms with E-state index in [1.165, 1.54) is 0 Å². The molecule has 3 rings (SSSR count). The first-order valence-corrected chi connectivity index (χ1v) is 10.6. The maximum atomic E-state index is 12.9. The van der Waals surface area contributed by atoms with Crippen molar-refractivity contribution < 1.29 is 14.3 Å². The van der Waals surface area contributed by atoms with E-state index in [9.17, 15) is 4.79 Å². The lowest BCUT2D eigenvalue weighted by Crippen LogP contribution is -2.24. The summed E-state index contributed by atoms with van der Waals surface area (Å²) in [5, 5.41) is 7.40. The van der Waals surface area contributed by atoms with Gasteiger partial charge in [0, 0.05) is 12.7 Å². The second-order valence-electron chi connectivity index (χ2n) is 7.57. The summed E-state index contributed by atoms with van der Waals surface area (Å²) >= 11 is 0. The fourth-order valence-electron chi connectivity index (χ4n) is 3.30. The summed E-state index contributed by atoms with van der Waals surface area (Å²) in [6.07, 6.45) is 5.38. The highest BCUT2D eigenvalue weighted by Gasteiger charge is 2.21. The molecule has 1 amide bonds. The largest absolute Gasteiger partial charge is 0.493 e. The van der Waals surface area contributed by atoms with Crippen molar-refractivity contribution >= 4 is 5.91 Å². The average molecular weight is 423 g/mol. The van der Waals surface area contributed by atoms with Crippen LogP contribution in [-0.4, -0.2) is 34.4 Å². The number of aromatic nitrogens is 3. The average Bonchev–Trinajstić information content (AvgIpc) is 3.24. The molecule has 164 valence electrons. The van der Waals surface area contributed by atoms with E-state index in [-0.39, 0.29) is 11.8 Å². The molecule has 0 aliphatic heterocycles. The minimum Gasteiger partial charge on any atom is -0.493 e. The van der Waals surface area contributed by atoms with Gasteiger partial charge in [0.2, 0.25) is 0 Å². The van der Waals surface area contributed by atoms with Gasteiger partial charge in [0.15, 0.2) is 17.3 Å². The number of ether oxygens (including phenoxy) is 2. The fourth-order valence-corrected chi connectivity index (χ4v) is 3.30. The van der Waals surface area contributed by atoms with E-state index < -0.39 is 0 Å². The summed E-state index contributed by atoms with van der Waals surface area (Å²) in [5.41, 5.74) is 2.30. The fraction of sp³-hybridized carbons (Fsp3) is 0.375. The van der Waals surface area contributed by atoms with Crippen LogP contribution in [0.2, 0.25) is 0 Å². The molecule has 0 atom stereocenters. The molecule has 0 spiro atoms. The van der Waals surface area contributed by atoms with Crippen LogP contribution in [-0.2, 0) is 6.54 Å². The van der Waals surface area contributed by atoms with Crippen molar-refractivity contribution in [3.05, 3.63) is 65.6 Å². The third-order valence-corrected chi connectivity index (χ3v) is 4.90. The topological polar surface area (TPSA) is 78.3 Å². The van der Waals surface area contributed by atoms with Gasteiger partial charge in [-0.15, -0.1) is 0 Å². The quantitative estimate of drug-likeness (QED) is 0.487. The van der Waals surface area contributed by atoms with Crippen molar-refractivity contribution in [2.45, 2.75) is 46.1 Å². The Balaban J connectivity index is 1.73. The molecule has 0 unspecified atom stereocenters. The van der Waals surface area contributed by atoms with Crippen LogP contribution in [0.15, 0.2) is 48.8 Å². The number of hydrogen-bond acceptors (Lipinski definition) is 5. The van der Waals surface area contributed by atoms with Gasteiger partial charge in [-0.2, -0.15) is 5.10 Å². The molecular formula is C24H30N4O3. The Bertz CT molecular complexity index is 999. The summed E-state index contributed by atoms with van der Waals surface area (Å²) < 4.78 is 13.0. The predicted molar refractivity (Wildman–Crippen MR) is 120 cm³/mol. The van der Waals surface area contributed by atoms with E-state index in [0.29, 0.717) is 36.0 Å². The zero-order chi connectivity index (χ0) is 22.2. The maximum Gasteiger partial charge on any atom is 0.255 e. The lowest BCUT2D eigenvalue weighted by atomic mass is 10.1. The molecule has 0 saturated carbocycles. The number of nitrogens with one attached hydrogen (secondary N) is 1. The smallest absolute Gasteiger partial charge is 0.255 e. The molecule has 0 radical (unpaired) electrons. The predicted octanol–water partition coefficient (Wildman–Crippen LogP) is 4.51. The van der Waals surface area contributed by atoms with E-state index in [0.717, 1.165) is 24.1 Å². The van der Waals surface area contributed by atoms with Crippen LogP contribution in [0, 0.1) is 0 Å². The van der Waals surface area contributed by atoms with Crippen molar-refractivity contribution in [3.8, 4) is 17.3 Å². The van der Waals surface area contributed by atoms with Gasteiger partial charge in [-0.25, -0.2) is 9.67 Å². The Labute approximate surface area is 183 Å². The van der Waals surface area contributed by atoms with Crippen molar-refractivity contribution in [3.63, 3.8) is 0 Å². The molecule has 2 heterocycles. The van der Waals surface area contributed by atoms with Crippen LogP contribution in [0.25, 0.3) is 5.82 Å². The number of carbonyl (C=O) groups excluding carboxylic acids is 1. The van der Waals surface area contributed by atoms with Gasteiger partial charge in [0.25, 0.3) is 5.91 Å². The lowest BCUT2D eigenvalue weighted by molar-refractivity contribution is 0.0949. The van der Waals surface area contributed by atoms with Gasteiger partial charge in [-0.05, 0) is 42.2 Å². The van der Waals surface area contributed by atoms with Gasteiger partial charge in [-0.1, -0.05) is 39.3 Å². The second-order valence-corrected chi connectivity index (χ2v) is 7.57. The summed E-state index contributed by atoms with van der Waals surface area (Å²) in [5.74, 6) is 1.99. The minimum atomic E-state index is -0.173. The highest BCUT2D eigenvalue weighted by atomic mass is 16.5. The van der Waals surface area contributed by atoms with Crippen LogP contribution >= 0.6 is 0 Å². The number of benzene rings is 1. The summed E-state index contributed by atoms with van der Waals surface area (Å²) in [6.45, 7) is 7.22. The molecule has 0 aliphatic rings. The molecule has 0 aliphatic carbocycles. The highest BCUT2D eigenvalue weighted by Crippen LogP contribution is 2.28. The van der Waals surface area contributed by atoms with Crippen LogP contribution in [0.5, 0.6) is 11.5 Å². The lowest BCUT2D eigenvalue weighted by Gasteiger charge is -2.14. The van der Waals surface area contributed by atoms with Crippen LogP contribution in [0.3, 0.4) is 0 Å². The van der Waals surface area contributed by atoms with Gasteiger partial charge in [0.05, 0.1) is 31.2 Å². The van der Waals surface area contributed by atoms with Crippen LogP contribution in [0.1, 0.15) is 61.1 Å². The van der Waals surface area contributed by atoms with Crippen molar-refractivity contribution in [2.24, 2.45) is 0 Å². The van der Waals surface area contributed by atoms with Gasteiger partial charge >= 0.3 is 0 Å². The Morgan fingerprint density at radius 3 is 2.71 bits per heavy atom. The third-order valence-electron chi connectivity index (χ3n) is 4.90. The van der Waals surface area contributed by atoms with Crippen LogP contribution in [0.4, 0.5) is 0 Å². The number of hydrogen-bond donors (Lipinski definition) is 1. The maximum absolute atomic E-state index is 12.9. The van der Waals surface area contributed by atoms with Gasteiger partial charge in [0.1, 0.15) is 0 Å². The molecule has 3 aromatic rings. The number of pyridine rings is 1. The summed E-state index contributed by atoms with van der Waals surface area (Å²) in [4.78, 5) is 17.3. The molecule has 2 aromatic heterocycles. The van der Waals surface area contributed by atoms with E-state index >= 15 is 0 Å². The number of nitrogens with zero attached hydrogens (tertiary/aromatic N) is 3. The van der Waals surface area contributed by atoms with Gasteiger partial charge < -0.3 is 14.8 Å². The summed E-state index contributed by atoms with van der Waals surface area (Å²) in [6, 6.07) is 11.3. The van der Waals surface area contributed by atoms with Crippen molar-refractivity contribution in [1.29, 1.82) is 0 Å². The molecule has 7 nitrogen and oxygen atoms in total. The van der Waals surface area contributed by atoms with E-state index in [4.69, 9.17) is 9.47 Å². The number of methoxy groups -OCH3 is 1. The normalized spacial score (nSPS) is 10.9. The number of amides is 1. The second kappa shape index (κ2) is 10.6. The molecule has 0 bridgehead atoms. The molecule has 1 N–H and O–H groups in total. The standard InChI is InChI=1S/C24H30N4O3/c1-5-6-13-31-20-11-10-18(14-21(20)30-4)15-26-24(29)19-16-27-28(23(19)17(2)3)22-9-7-8-12-25-22/h7-12,14,16-17H,5-6,13,15H2,1-4H3,(H,26,29). The molecular weight excluding hydrogens is 392 g/mol. The zero-order valence-electron chi connectivity index (χ0n) is 18.6. The van der Waals surface area contributed by atoms with E-state index in [1.807, 2.05) is 50.2 Å². The molecule has 7 heteroatoms. The first kappa shape index (κ1) is 22.3. The molecule has 0 fully saturated rings. The minimum absolute atomic E-state index is 0.102. The first-order valence-electron chi connectivity index (χ1n) is 10.6.